The van der Waals surface area contributed by atoms with Gasteiger partial charge >= 0.3 is 0 Å². The maximum Gasteiger partial charge on any atom is 0.244 e. The van der Waals surface area contributed by atoms with Gasteiger partial charge in [-0.2, -0.15) is 5.10 Å². The van der Waals surface area contributed by atoms with E-state index in [4.69, 9.17) is 0 Å². The summed E-state index contributed by atoms with van der Waals surface area (Å²) in [6.07, 6.45) is 0. The van der Waals surface area contributed by atoms with Gasteiger partial charge in [-0.05, 0) is 40.8 Å². The van der Waals surface area contributed by atoms with Crippen LogP contribution >= 0.6 is 27.3 Å². The molecule has 2 aromatic rings. The summed E-state index contributed by atoms with van der Waals surface area (Å²) >= 11 is 4.89. The van der Waals surface area contributed by atoms with Crippen LogP contribution < -0.4 is 10.0 Å². The first-order valence-electron chi connectivity index (χ1n) is 6.41. The molecule has 0 aliphatic carbocycles. The molecular weight excluding hydrogens is 376 g/mol. The van der Waals surface area contributed by atoms with Gasteiger partial charge in [0.1, 0.15) is 4.90 Å². The fourth-order valence-corrected chi connectivity index (χ4v) is 4.75. The summed E-state index contributed by atoms with van der Waals surface area (Å²) in [5.41, 5.74) is 1.05. The smallest absolute Gasteiger partial charge is 0.244 e. The van der Waals surface area contributed by atoms with Crippen molar-refractivity contribution in [3.63, 3.8) is 0 Å². The number of nitrogens with one attached hydrogen (secondary N) is 3. The van der Waals surface area contributed by atoms with Crippen LogP contribution in [0.4, 0.5) is 0 Å². The summed E-state index contributed by atoms with van der Waals surface area (Å²) in [4.78, 5) is 1.17. The average molecular weight is 393 g/mol. The number of hydrogen-bond acceptors (Lipinski definition) is 5. The second-order valence-corrected chi connectivity index (χ2v) is 7.98. The lowest BCUT2D eigenvalue weighted by Gasteiger charge is -2.08. The largest absolute Gasteiger partial charge is 0.311 e. The third kappa shape index (κ3) is 3.92. The highest BCUT2D eigenvalue weighted by atomic mass is 79.9. The van der Waals surface area contributed by atoms with Gasteiger partial charge in [0.15, 0.2) is 0 Å². The summed E-state index contributed by atoms with van der Waals surface area (Å²) in [6, 6.07) is 1.90. The first-order valence-corrected chi connectivity index (χ1v) is 9.57. The number of nitrogens with zero attached hydrogens (tertiary/aromatic N) is 1. The second-order valence-electron chi connectivity index (χ2n) is 4.42. The molecule has 0 aliphatic heterocycles. The first kappa shape index (κ1) is 16.6. The first-order chi connectivity index (χ1) is 9.95. The highest BCUT2D eigenvalue weighted by Crippen LogP contribution is 2.24. The SMILES string of the molecule is CCNCc1n[nH]c(C)c1S(=O)(=O)NCc1sccc1Br. The lowest BCUT2D eigenvalue weighted by Crippen LogP contribution is -2.25. The van der Waals surface area contributed by atoms with Crippen LogP contribution in [0.5, 0.6) is 0 Å². The van der Waals surface area contributed by atoms with Crippen molar-refractivity contribution in [1.29, 1.82) is 0 Å². The van der Waals surface area contributed by atoms with Crippen LogP contribution in [0.3, 0.4) is 0 Å². The van der Waals surface area contributed by atoms with Crippen LogP contribution in [0.1, 0.15) is 23.2 Å². The summed E-state index contributed by atoms with van der Waals surface area (Å²) in [6.45, 7) is 5.09. The zero-order chi connectivity index (χ0) is 15.5. The fourth-order valence-electron chi connectivity index (χ4n) is 1.87. The number of sulfonamides is 1. The minimum atomic E-state index is -3.60. The molecule has 0 bridgehead atoms. The Balaban J connectivity index is 2.19. The zero-order valence-electron chi connectivity index (χ0n) is 11.7. The predicted octanol–water partition coefficient (Wildman–Crippen LogP) is 2.13. The van der Waals surface area contributed by atoms with E-state index in [9.17, 15) is 8.42 Å². The predicted molar refractivity (Wildman–Crippen MR) is 86.7 cm³/mol. The number of aromatic nitrogens is 2. The van der Waals surface area contributed by atoms with E-state index >= 15 is 0 Å². The zero-order valence-corrected chi connectivity index (χ0v) is 15.0. The summed E-state index contributed by atoms with van der Waals surface area (Å²) < 4.78 is 28.5. The molecule has 0 aliphatic rings. The number of hydrogen-bond donors (Lipinski definition) is 3. The van der Waals surface area contributed by atoms with Crippen molar-refractivity contribution >= 4 is 37.3 Å². The topological polar surface area (TPSA) is 86.9 Å². The molecule has 21 heavy (non-hydrogen) atoms. The van der Waals surface area contributed by atoms with Crippen molar-refractivity contribution in [3.05, 3.63) is 32.2 Å². The number of aromatic amines is 1. The summed E-state index contributed by atoms with van der Waals surface area (Å²) in [7, 11) is -3.60. The Morgan fingerprint density at radius 2 is 2.19 bits per heavy atom. The molecule has 0 amide bonds. The monoisotopic (exact) mass is 392 g/mol. The van der Waals surface area contributed by atoms with Gasteiger partial charge in [-0.15, -0.1) is 11.3 Å². The molecule has 9 heteroatoms. The van der Waals surface area contributed by atoms with E-state index in [0.717, 1.165) is 15.9 Å². The standard InChI is InChI=1S/C12H17BrN4O2S2/c1-3-14-6-10-12(8(2)16-17-10)21(18,19)15-7-11-9(13)4-5-20-11/h4-5,14-15H,3,6-7H2,1-2H3,(H,16,17). The maximum atomic E-state index is 12.5. The molecular formula is C12H17BrN4O2S2. The van der Waals surface area contributed by atoms with Crippen LogP contribution in [0.15, 0.2) is 20.8 Å². The van der Waals surface area contributed by atoms with Crippen molar-refractivity contribution in [2.24, 2.45) is 0 Å². The number of rotatable bonds is 7. The van der Waals surface area contributed by atoms with E-state index in [-0.39, 0.29) is 11.4 Å². The maximum absolute atomic E-state index is 12.5. The van der Waals surface area contributed by atoms with E-state index in [1.165, 1.54) is 11.3 Å². The Kier molecular flexibility index (Phi) is 5.55. The van der Waals surface area contributed by atoms with E-state index in [2.05, 4.69) is 36.2 Å². The third-order valence-corrected chi connectivity index (χ3v) is 6.42. The number of H-pyrrole nitrogens is 1. The van der Waals surface area contributed by atoms with Crippen molar-refractivity contribution in [2.45, 2.75) is 31.8 Å². The molecule has 2 rings (SSSR count). The molecule has 0 atom stereocenters. The Hall–Kier alpha value is -0.740. The Labute approximate surface area is 136 Å². The highest BCUT2D eigenvalue weighted by molar-refractivity contribution is 9.10. The quantitative estimate of drug-likeness (QED) is 0.673. The molecule has 3 N–H and O–H groups in total. The van der Waals surface area contributed by atoms with Crippen molar-refractivity contribution in [1.82, 2.24) is 20.2 Å². The molecule has 0 radical (unpaired) electrons. The van der Waals surface area contributed by atoms with Gasteiger partial charge in [0.2, 0.25) is 10.0 Å². The second kappa shape index (κ2) is 7.01. The Morgan fingerprint density at radius 1 is 1.43 bits per heavy atom. The Bertz CT molecular complexity index is 709. The average Bonchev–Trinajstić information content (AvgIpc) is 3.00. The van der Waals surface area contributed by atoms with Crippen molar-refractivity contribution in [2.75, 3.05) is 6.54 Å². The van der Waals surface area contributed by atoms with E-state index in [0.29, 0.717) is 17.9 Å². The minimum Gasteiger partial charge on any atom is -0.311 e. The van der Waals surface area contributed by atoms with Crippen molar-refractivity contribution < 1.29 is 8.42 Å². The van der Waals surface area contributed by atoms with Gasteiger partial charge in [-0.1, -0.05) is 6.92 Å². The lowest BCUT2D eigenvalue weighted by atomic mass is 10.3. The highest BCUT2D eigenvalue weighted by Gasteiger charge is 2.24. The molecule has 0 spiro atoms. The van der Waals surface area contributed by atoms with Crippen LogP contribution in [0.25, 0.3) is 0 Å². The van der Waals surface area contributed by atoms with Crippen LogP contribution in [0.2, 0.25) is 0 Å². The third-order valence-electron chi connectivity index (χ3n) is 2.89. The van der Waals surface area contributed by atoms with Crippen molar-refractivity contribution in [3.8, 4) is 0 Å². The van der Waals surface area contributed by atoms with Gasteiger partial charge in [0.05, 0.1) is 11.4 Å². The number of aryl methyl sites for hydroxylation is 1. The lowest BCUT2D eigenvalue weighted by molar-refractivity contribution is 0.578. The summed E-state index contributed by atoms with van der Waals surface area (Å²) in [5, 5.41) is 11.8. The Morgan fingerprint density at radius 3 is 2.81 bits per heavy atom. The molecule has 2 heterocycles. The van der Waals surface area contributed by atoms with Gasteiger partial charge in [-0.25, -0.2) is 13.1 Å². The molecule has 0 aromatic carbocycles. The van der Waals surface area contributed by atoms with Crippen LogP contribution in [0, 0.1) is 6.92 Å². The fraction of sp³-hybridized carbons (Fsp3) is 0.417. The minimum absolute atomic E-state index is 0.233. The normalized spacial score (nSPS) is 12.0. The summed E-state index contributed by atoms with van der Waals surface area (Å²) in [5.74, 6) is 0. The van der Waals surface area contributed by atoms with Gasteiger partial charge in [0.25, 0.3) is 0 Å². The van der Waals surface area contributed by atoms with Gasteiger partial charge < -0.3 is 5.32 Å². The van der Waals surface area contributed by atoms with Crippen LogP contribution in [-0.4, -0.2) is 25.2 Å². The van der Waals surface area contributed by atoms with E-state index in [1.54, 1.807) is 6.92 Å². The molecule has 0 unspecified atom stereocenters. The molecule has 0 saturated carbocycles. The number of halogens is 1. The van der Waals surface area contributed by atoms with Crippen LogP contribution in [-0.2, 0) is 23.1 Å². The van der Waals surface area contributed by atoms with E-state index in [1.807, 2.05) is 18.4 Å². The molecule has 6 nitrogen and oxygen atoms in total. The van der Waals surface area contributed by atoms with Gasteiger partial charge in [-0.3, -0.25) is 5.10 Å². The number of thiophene rings is 1. The molecule has 116 valence electrons. The van der Waals surface area contributed by atoms with Gasteiger partial charge in [0, 0.05) is 22.4 Å². The molecule has 2 aromatic heterocycles. The molecule has 0 saturated heterocycles. The van der Waals surface area contributed by atoms with E-state index < -0.39 is 10.0 Å². The molecule has 0 fully saturated rings.